The van der Waals surface area contributed by atoms with Crippen molar-refractivity contribution in [3.8, 4) is 0 Å². The summed E-state index contributed by atoms with van der Waals surface area (Å²) in [6, 6.07) is 0. The monoisotopic (exact) mass is 953 g/mol. The SMILES string of the molecule is CCCCCCCC/C=C\CCCCCCCCCC(=O)OCC(COC(=O)CCCCC/C=C\C=C/CCCCCCCCC)OC(=O)CCCCCCCCC/C=C\CCCCCCCC. The summed E-state index contributed by atoms with van der Waals surface area (Å²) in [6.45, 7) is 6.63. The molecular formula is C62H112O6. The highest BCUT2D eigenvalue weighted by molar-refractivity contribution is 5.71. The average Bonchev–Trinajstić information content (AvgIpc) is 3.34. The first-order valence-corrected chi connectivity index (χ1v) is 29.7. The molecule has 0 bridgehead atoms. The molecular weight excluding hydrogens is 841 g/mol. The summed E-state index contributed by atoms with van der Waals surface area (Å²) < 4.78 is 16.9. The standard InChI is InChI=1S/C62H112O6/c1-4-7-10-13-16-19-22-25-28-31-34-37-40-43-46-49-52-55-61(64)67-58-59(57-66-60(63)54-51-48-45-42-39-36-33-30-27-24-21-18-15-12-9-6-3)68-62(65)56-53-50-47-44-41-38-35-32-29-26-23-20-17-14-11-8-5-2/h25-26,28-30,33,36,39,59H,4-24,27,31-32,34-35,37-38,40-58H2,1-3H3/b28-25-,29-26-,33-30-,39-36-. The fourth-order valence-corrected chi connectivity index (χ4v) is 8.54. The maximum atomic E-state index is 12.9. The first kappa shape index (κ1) is 65.4. The molecule has 0 radical (unpaired) electrons. The molecule has 0 N–H and O–H groups in total. The number of rotatable bonds is 54. The number of carbonyl (C=O) groups is 3. The van der Waals surface area contributed by atoms with Gasteiger partial charge in [-0.3, -0.25) is 14.4 Å². The third kappa shape index (κ3) is 54.3. The first-order valence-electron chi connectivity index (χ1n) is 29.7. The van der Waals surface area contributed by atoms with Crippen molar-refractivity contribution in [3.63, 3.8) is 0 Å². The van der Waals surface area contributed by atoms with Crippen molar-refractivity contribution in [2.75, 3.05) is 13.2 Å². The molecule has 0 aliphatic rings. The van der Waals surface area contributed by atoms with Gasteiger partial charge in [0.15, 0.2) is 6.10 Å². The van der Waals surface area contributed by atoms with Gasteiger partial charge in [0.2, 0.25) is 0 Å². The molecule has 0 heterocycles. The molecule has 0 saturated carbocycles. The Kier molecular flexibility index (Phi) is 54.8. The predicted molar refractivity (Wildman–Crippen MR) is 293 cm³/mol. The molecule has 0 aromatic carbocycles. The summed E-state index contributed by atoms with van der Waals surface area (Å²) in [4.78, 5) is 38.2. The zero-order chi connectivity index (χ0) is 49.3. The number of esters is 3. The topological polar surface area (TPSA) is 78.9 Å². The number of allylic oxidation sites excluding steroid dienone is 8. The van der Waals surface area contributed by atoms with Crippen LogP contribution in [-0.4, -0.2) is 37.2 Å². The van der Waals surface area contributed by atoms with E-state index in [4.69, 9.17) is 14.2 Å². The molecule has 68 heavy (non-hydrogen) atoms. The van der Waals surface area contributed by atoms with E-state index in [1.807, 2.05) is 0 Å². The van der Waals surface area contributed by atoms with Gasteiger partial charge < -0.3 is 14.2 Å². The second kappa shape index (κ2) is 57.0. The van der Waals surface area contributed by atoms with Crippen LogP contribution < -0.4 is 0 Å². The molecule has 396 valence electrons. The van der Waals surface area contributed by atoms with Gasteiger partial charge in [-0.25, -0.2) is 0 Å². The van der Waals surface area contributed by atoms with Crippen molar-refractivity contribution in [2.45, 2.75) is 316 Å². The normalized spacial score (nSPS) is 12.3. The Morgan fingerprint density at radius 3 is 0.838 bits per heavy atom. The Hall–Kier alpha value is -2.63. The Balaban J connectivity index is 4.41. The quantitative estimate of drug-likeness (QED) is 0.0199. The van der Waals surface area contributed by atoms with Gasteiger partial charge in [-0.05, 0) is 96.3 Å². The van der Waals surface area contributed by atoms with E-state index in [0.29, 0.717) is 19.3 Å². The summed E-state index contributed by atoms with van der Waals surface area (Å²) in [5, 5.41) is 0. The van der Waals surface area contributed by atoms with Crippen LogP contribution in [0.25, 0.3) is 0 Å². The fourth-order valence-electron chi connectivity index (χ4n) is 8.54. The first-order chi connectivity index (χ1) is 33.5. The lowest BCUT2D eigenvalue weighted by Crippen LogP contribution is -2.30. The van der Waals surface area contributed by atoms with Gasteiger partial charge in [0.1, 0.15) is 13.2 Å². The molecule has 0 aromatic rings. The molecule has 0 saturated heterocycles. The zero-order valence-electron chi connectivity index (χ0n) is 45.4. The molecule has 6 heteroatoms. The molecule has 1 atom stereocenters. The van der Waals surface area contributed by atoms with E-state index in [0.717, 1.165) is 70.6 Å². The third-order valence-corrected chi connectivity index (χ3v) is 13.1. The minimum atomic E-state index is -0.787. The van der Waals surface area contributed by atoms with Gasteiger partial charge in [-0.15, -0.1) is 0 Å². The summed E-state index contributed by atoms with van der Waals surface area (Å²) >= 11 is 0. The van der Waals surface area contributed by atoms with Crippen LogP contribution in [0.5, 0.6) is 0 Å². The number of ether oxygens (including phenoxy) is 3. The molecule has 0 spiro atoms. The van der Waals surface area contributed by atoms with Gasteiger partial charge >= 0.3 is 17.9 Å². The lowest BCUT2D eigenvalue weighted by atomic mass is 10.1. The number of carbonyl (C=O) groups excluding carboxylic acids is 3. The molecule has 1 unspecified atom stereocenters. The van der Waals surface area contributed by atoms with Crippen LogP contribution in [0.2, 0.25) is 0 Å². The summed E-state index contributed by atoms with van der Waals surface area (Å²) in [5.41, 5.74) is 0. The fraction of sp³-hybridized carbons (Fsp3) is 0.823. The van der Waals surface area contributed by atoms with Crippen LogP contribution in [-0.2, 0) is 28.6 Å². The second-order valence-corrected chi connectivity index (χ2v) is 19.9. The van der Waals surface area contributed by atoms with Gasteiger partial charge in [0.05, 0.1) is 0 Å². The number of hydrogen-bond donors (Lipinski definition) is 0. The number of unbranched alkanes of at least 4 members (excludes halogenated alkanes) is 36. The highest BCUT2D eigenvalue weighted by Gasteiger charge is 2.19. The lowest BCUT2D eigenvalue weighted by Gasteiger charge is -2.18. The molecule has 0 amide bonds. The van der Waals surface area contributed by atoms with Crippen LogP contribution in [0.3, 0.4) is 0 Å². The Bertz CT molecular complexity index is 1190. The predicted octanol–water partition coefficient (Wildman–Crippen LogP) is 19.8. The van der Waals surface area contributed by atoms with Crippen molar-refractivity contribution in [3.05, 3.63) is 48.6 Å². The van der Waals surface area contributed by atoms with E-state index in [9.17, 15) is 14.4 Å². The maximum Gasteiger partial charge on any atom is 0.306 e. The largest absolute Gasteiger partial charge is 0.462 e. The van der Waals surface area contributed by atoms with E-state index in [-0.39, 0.29) is 31.1 Å². The van der Waals surface area contributed by atoms with Crippen LogP contribution in [0.1, 0.15) is 310 Å². The Labute approximate surface area is 422 Å². The van der Waals surface area contributed by atoms with Gasteiger partial charge in [0.25, 0.3) is 0 Å². The Morgan fingerprint density at radius 2 is 0.529 bits per heavy atom. The van der Waals surface area contributed by atoms with Gasteiger partial charge in [-0.2, -0.15) is 0 Å². The summed E-state index contributed by atoms with van der Waals surface area (Å²) in [6.07, 6.45) is 69.6. The molecule has 0 aliphatic heterocycles. The molecule has 0 aliphatic carbocycles. The second-order valence-electron chi connectivity index (χ2n) is 19.9. The van der Waals surface area contributed by atoms with E-state index >= 15 is 0 Å². The smallest absolute Gasteiger partial charge is 0.306 e. The summed E-state index contributed by atoms with van der Waals surface area (Å²) in [7, 11) is 0. The van der Waals surface area contributed by atoms with E-state index in [1.54, 1.807) is 0 Å². The lowest BCUT2D eigenvalue weighted by molar-refractivity contribution is -0.167. The maximum absolute atomic E-state index is 12.9. The average molecular weight is 954 g/mol. The minimum absolute atomic E-state index is 0.0840. The van der Waals surface area contributed by atoms with Crippen molar-refractivity contribution >= 4 is 17.9 Å². The van der Waals surface area contributed by atoms with E-state index in [2.05, 4.69) is 69.4 Å². The molecule has 0 aromatic heterocycles. The van der Waals surface area contributed by atoms with Crippen molar-refractivity contribution in [1.29, 1.82) is 0 Å². The molecule has 0 rings (SSSR count). The number of hydrogen-bond acceptors (Lipinski definition) is 6. The highest BCUT2D eigenvalue weighted by Crippen LogP contribution is 2.15. The van der Waals surface area contributed by atoms with Crippen molar-refractivity contribution < 1.29 is 28.6 Å². The minimum Gasteiger partial charge on any atom is -0.462 e. The van der Waals surface area contributed by atoms with Crippen LogP contribution in [0.15, 0.2) is 48.6 Å². The van der Waals surface area contributed by atoms with E-state index in [1.165, 1.54) is 199 Å². The molecule has 6 nitrogen and oxygen atoms in total. The van der Waals surface area contributed by atoms with Crippen LogP contribution in [0.4, 0.5) is 0 Å². The summed E-state index contributed by atoms with van der Waals surface area (Å²) in [5.74, 6) is -0.905. The Morgan fingerprint density at radius 1 is 0.294 bits per heavy atom. The van der Waals surface area contributed by atoms with Crippen molar-refractivity contribution in [1.82, 2.24) is 0 Å². The van der Waals surface area contributed by atoms with Gasteiger partial charge in [0, 0.05) is 19.3 Å². The highest BCUT2D eigenvalue weighted by atomic mass is 16.6. The van der Waals surface area contributed by atoms with Crippen LogP contribution in [0, 0.1) is 0 Å². The van der Waals surface area contributed by atoms with E-state index < -0.39 is 6.10 Å². The van der Waals surface area contributed by atoms with Crippen LogP contribution >= 0.6 is 0 Å². The zero-order valence-corrected chi connectivity index (χ0v) is 45.4. The molecule has 0 fully saturated rings. The van der Waals surface area contributed by atoms with Gasteiger partial charge in [-0.1, -0.05) is 243 Å². The third-order valence-electron chi connectivity index (χ3n) is 13.1. The van der Waals surface area contributed by atoms with Crippen molar-refractivity contribution in [2.24, 2.45) is 0 Å².